The van der Waals surface area contributed by atoms with E-state index in [1.165, 1.54) is 0 Å². The van der Waals surface area contributed by atoms with E-state index in [-0.39, 0.29) is 12.3 Å². The van der Waals surface area contributed by atoms with E-state index < -0.39 is 0 Å². The summed E-state index contributed by atoms with van der Waals surface area (Å²) in [5.41, 5.74) is 4.65. The average Bonchev–Trinajstić information content (AvgIpc) is 2.90. The number of nitrogens with one attached hydrogen (secondary N) is 1. The highest BCUT2D eigenvalue weighted by Crippen LogP contribution is 2.28. The third-order valence-corrected chi connectivity index (χ3v) is 3.83. The highest BCUT2D eigenvalue weighted by molar-refractivity contribution is 5.97. The van der Waals surface area contributed by atoms with E-state index in [2.05, 4.69) is 11.4 Å². The summed E-state index contributed by atoms with van der Waals surface area (Å²) in [5.74, 6) is 0.543. The second-order valence-electron chi connectivity index (χ2n) is 5.64. The van der Waals surface area contributed by atoms with E-state index in [9.17, 15) is 4.79 Å². The van der Waals surface area contributed by atoms with Crippen molar-refractivity contribution in [2.45, 2.75) is 20.3 Å². The zero-order valence-corrected chi connectivity index (χ0v) is 13.5. The molecule has 118 valence electrons. The summed E-state index contributed by atoms with van der Waals surface area (Å²) in [6, 6.07) is 11.4. The van der Waals surface area contributed by atoms with Crippen molar-refractivity contribution >= 4 is 22.6 Å². The molecule has 4 nitrogen and oxygen atoms in total. The molecule has 1 aromatic heterocycles. The van der Waals surface area contributed by atoms with E-state index in [0.29, 0.717) is 11.4 Å². The molecule has 0 aliphatic rings. The topological polar surface area (TPSA) is 51.5 Å². The fourth-order valence-electron chi connectivity index (χ4n) is 2.87. The van der Waals surface area contributed by atoms with Crippen LogP contribution in [0.5, 0.6) is 5.75 Å². The van der Waals surface area contributed by atoms with Crippen LogP contribution in [-0.2, 0) is 11.2 Å². The molecule has 0 saturated heterocycles. The first kappa shape index (κ1) is 15.2. The van der Waals surface area contributed by atoms with Gasteiger partial charge < -0.3 is 14.5 Å². The third-order valence-electron chi connectivity index (χ3n) is 3.83. The second-order valence-corrected chi connectivity index (χ2v) is 5.64. The van der Waals surface area contributed by atoms with Crippen LogP contribution < -0.4 is 10.1 Å². The monoisotopic (exact) mass is 309 g/mol. The van der Waals surface area contributed by atoms with Gasteiger partial charge in [0.2, 0.25) is 5.91 Å². The lowest BCUT2D eigenvalue weighted by Gasteiger charge is -2.09. The number of carbonyl (C=O) groups excluding carboxylic acids is 1. The molecule has 1 amide bonds. The zero-order valence-electron chi connectivity index (χ0n) is 13.5. The number of anilines is 1. The summed E-state index contributed by atoms with van der Waals surface area (Å²) in [7, 11) is 1.58. The SMILES string of the molecule is COc1ccccc1NC(=O)Cc1coc2cc(C)cc(C)c12. The maximum atomic E-state index is 12.4. The van der Waals surface area contributed by atoms with Gasteiger partial charge in [-0.25, -0.2) is 0 Å². The van der Waals surface area contributed by atoms with Gasteiger partial charge in [-0.05, 0) is 43.2 Å². The van der Waals surface area contributed by atoms with E-state index in [4.69, 9.17) is 9.15 Å². The molecule has 0 saturated carbocycles. The number of benzene rings is 2. The van der Waals surface area contributed by atoms with Crippen LogP contribution in [-0.4, -0.2) is 13.0 Å². The van der Waals surface area contributed by atoms with Gasteiger partial charge in [0.05, 0.1) is 25.5 Å². The number of furan rings is 1. The van der Waals surface area contributed by atoms with Crippen molar-refractivity contribution in [3.05, 3.63) is 59.4 Å². The van der Waals surface area contributed by atoms with Crippen LogP contribution in [0.3, 0.4) is 0 Å². The predicted octanol–water partition coefficient (Wildman–Crippen LogP) is 4.24. The van der Waals surface area contributed by atoms with E-state index in [1.807, 2.05) is 44.2 Å². The van der Waals surface area contributed by atoms with Gasteiger partial charge in [0.15, 0.2) is 0 Å². The van der Waals surface area contributed by atoms with Crippen molar-refractivity contribution in [1.82, 2.24) is 0 Å². The minimum atomic E-state index is -0.0998. The lowest BCUT2D eigenvalue weighted by Crippen LogP contribution is -2.14. The number of methoxy groups -OCH3 is 1. The first-order chi connectivity index (χ1) is 11.1. The highest BCUT2D eigenvalue weighted by Gasteiger charge is 2.14. The van der Waals surface area contributed by atoms with Crippen LogP contribution in [0.15, 0.2) is 47.1 Å². The molecular formula is C19H19NO3. The number of amides is 1. The minimum Gasteiger partial charge on any atom is -0.495 e. The summed E-state index contributed by atoms with van der Waals surface area (Å²) in [5, 5.41) is 3.91. The fraction of sp³-hybridized carbons (Fsp3) is 0.211. The Morgan fingerprint density at radius 3 is 2.78 bits per heavy atom. The summed E-state index contributed by atoms with van der Waals surface area (Å²) in [4.78, 5) is 12.4. The molecule has 1 heterocycles. The quantitative estimate of drug-likeness (QED) is 0.784. The number of fused-ring (bicyclic) bond motifs is 1. The standard InChI is InChI=1S/C19H19NO3/c1-12-8-13(2)19-14(11-23-17(19)9-12)10-18(21)20-15-6-4-5-7-16(15)22-3/h4-9,11H,10H2,1-3H3,(H,20,21). The van der Waals surface area contributed by atoms with Gasteiger partial charge in [-0.2, -0.15) is 0 Å². The maximum Gasteiger partial charge on any atom is 0.229 e. The van der Waals surface area contributed by atoms with Gasteiger partial charge in [-0.3, -0.25) is 4.79 Å². The number of rotatable bonds is 4. The van der Waals surface area contributed by atoms with Crippen molar-refractivity contribution in [2.24, 2.45) is 0 Å². The largest absolute Gasteiger partial charge is 0.495 e. The molecule has 0 radical (unpaired) electrons. The van der Waals surface area contributed by atoms with Crippen LogP contribution in [0, 0.1) is 13.8 Å². The third kappa shape index (κ3) is 3.06. The molecule has 0 atom stereocenters. The van der Waals surface area contributed by atoms with Crippen molar-refractivity contribution in [3.63, 3.8) is 0 Å². The number of hydrogen-bond donors (Lipinski definition) is 1. The van der Waals surface area contributed by atoms with Gasteiger partial charge in [0, 0.05) is 10.9 Å². The Hall–Kier alpha value is -2.75. The van der Waals surface area contributed by atoms with Crippen LogP contribution in [0.25, 0.3) is 11.0 Å². The van der Waals surface area contributed by atoms with Gasteiger partial charge >= 0.3 is 0 Å². The Labute approximate surface area is 135 Å². The lowest BCUT2D eigenvalue weighted by atomic mass is 10.0. The van der Waals surface area contributed by atoms with Crippen molar-refractivity contribution in [1.29, 1.82) is 0 Å². The molecule has 0 aliphatic carbocycles. The number of ether oxygens (including phenoxy) is 1. The normalized spacial score (nSPS) is 10.7. The molecule has 0 unspecified atom stereocenters. The molecule has 3 aromatic rings. The molecule has 23 heavy (non-hydrogen) atoms. The molecule has 0 fully saturated rings. The van der Waals surface area contributed by atoms with Crippen LogP contribution in [0.1, 0.15) is 16.7 Å². The number of para-hydroxylation sites is 2. The Bertz CT molecular complexity index is 864. The van der Waals surface area contributed by atoms with Gasteiger partial charge in [0.25, 0.3) is 0 Å². The molecule has 0 bridgehead atoms. The summed E-state index contributed by atoms with van der Waals surface area (Å²) in [6.07, 6.45) is 1.92. The van der Waals surface area contributed by atoms with Crippen LogP contribution in [0.4, 0.5) is 5.69 Å². The van der Waals surface area contributed by atoms with Crippen LogP contribution >= 0.6 is 0 Å². The second kappa shape index (κ2) is 6.16. The summed E-state index contributed by atoms with van der Waals surface area (Å²) < 4.78 is 10.9. The highest BCUT2D eigenvalue weighted by atomic mass is 16.5. The maximum absolute atomic E-state index is 12.4. The molecule has 1 N–H and O–H groups in total. The minimum absolute atomic E-state index is 0.0998. The zero-order chi connectivity index (χ0) is 16.4. The summed E-state index contributed by atoms with van der Waals surface area (Å²) >= 11 is 0. The Kier molecular flexibility index (Phi) is 4.06. The number of aryl methyl sites for hydroxylation is 2. The first-order valence-corrected chi connectivity index (χ1v) is 7.48. The average molecular weight is 309 g/mol. The Morgan fingerprint density at radius 2 is 2.00 bits per heavy atom. The van der Waals surface area contributed by atoms with Gasteiger partial charge in [-0.1, -0.05) is 18.2 Å². The summed E-state index contributed by atoms with van der Waals surface area (Å²) in [6.45, 7) is 4.06. The Balaban J connectivity index is 1.83. The van der Waals surface area contributed by atoms with Crippen molar-refractivity contribution < 1.29 is 13.9 Å². The predicted molar refractivity (Wildman–Crippen MR) is 91.0 cm³/mol. The Morgan fingerprint density at radius 1 is 1.22 bits per heavy atom. The van der Waals surface area contributed by atoms with Gasteiger partial charge in [0.1, 0.15) is 11.3 Å². The van der Waals surface area contributed by atoms with Crippen LogP contribution in [0.2, 0.25) is 0 Å². The molecule has 2 aromatic carbocycles. The fourth-order valence-corrected chi connectivity index (χ4v) is 2.87. The first-order valence-electron chi connectivity index (χ1n) is 7.48. The molecule has 0 spiro atoms. The van der Waals surface area contributed by atoms with E-state index in [0.717, 1.165) is 27.7 Å². The molecule has 0 aliphatic heterocycles. The van der Waals surface area contributed by atoms with E-state index >= 15 is 0 Å². The smallest absolute Gasteiger partial charge is 0.229 e. The van der Waals surface area contributed by atoms with Crippen molar-refractivity contribution in [3.8, 4) is 5.75 Å². The van der Waals surface area contributed by atoms with Gasteiger partial charge in [-0.15, -0.1) is 0 Å². The molecule has 3 rings (SSSR count). The molecule has 4 heteroatoms. The number of carbonyl (C=O) groups is 1. The number of hydrogen-bond acceptors (Lipinski definition) is 3. The van der Waals surface area contributed by atoms with Crippen molar-refractivity contribution in [2.75, 3.05) is 12.4 Å². The molecular weight excluding hydrogens is 290 g/mol. The van der Waals surface area contributed by atoms with E-state index in [1.54, 1.807) is 13.4 Å². The lowest BCUT2D eigenvalue weighted by molar-refractivity contribution is -0.115.